The Morgan fingerprint density at radius 1 is 1.30 bits per heavy atom. The molecule has 0 spiro atoms. The highest BCUT2D eigenvalue weighted by molar-refractivity contribution is 5.50. The third-order valence-electron chi connectivity index (χ3n) is 3.71. The van der Waals surface area contributed by atoms with Crippen molar-refractivity contribution in [2.45, 2.75) is 39.8 Å². The molecule has 0 aliphatic rings. The smallest absolute Gasteiger partial charge is 0.259 e. The van der Waals surface area contributed by atoms with Crippen LogP contribution in [0.15, 0.2) is 40.0 Å². The molecular weight excluding hydrogens is 294 g/mol. The maximum atomic E-state index is 11.8. The minimum Gasteiger partial charge on any atom is -0.335 e. The first kappa shape index (κ1) is 15.2. The molecule has 3 heterocycles. The Morgan fingerprint density at radius 2 is 2.13 bits per heavy atom. The van der Waals surface area contributed by atoms with Gasteiger partial charge in [0.2, 0.25) is 0 Å². The summed E-state index contributed by atoms with van der Waals surface area (Å²) in [6.45, 7) is 6.61. The average molecular weight is 313 g/mol. The van der Waals surface area contributed by atoms with Crippen LogP contribution < -0.4 is 5.56 Å². The van der Waals surface area contributed by atoms with Crippen LogP contribution in [0.3, 0.4) is 0 Å². The van der Waals surface area contributed by atoms with Crippen LogP contribution in [0.1, 0.15) is 31.5 Å². The van der Waals surface area contributed by atoms with Gasteiger partial charge in [0, 0.05) is 43.7 Å². The van der Waals surface area contributed by atoms with E-state index in [1.165, 1.54) is 6.07 Å². The summed E-state index contributed by atoms with van der Waals surface area (Å²) in [7, 11) is 0. The van der Waals surface area contributed by atoms with Crippen molar-refractivity contribution < 1.29 is 4.52 Å². The van der Waals surface area contributed by atoms with Gasteiger partial charge in [0.1, 0.15) is 5.82 Å². The Balaban J connectivity index is 1.78. The second kappa shape index (κ2) is 6.20. The zero-order chi connectivity index (χ0) is 16.4. The number of pyridine rings is 1. The van der Waals surface area contributed by atoms with E-state index in [1.54, 1.807) is 23.0 Å². The molecule has 0 amide bonds. The summed E-state index contributed by atoms with van der Waals surface area (Å²) in [5.41, 5.74) is 0.704. The zero-order valence-corrected chi connectivity index (χ0v) is 13.4. The predicted molar refractivity (Wildman–Crippen MR) is 85.0 cm³/mol. The van der Waals surface area contributed by atoms with Crippen molar-refractivity contribution in [1.29, 1.82) is 0 Å². The Kier molecular flexibility index (Phi) is 4.10. The molecular formula is C16H19N5O2. The van der Waals surface area contributed by atoms with Crippen LogP contribution in [0.25, 0.3) is 11.5 Å². The highest BCUT2D eigenvalue weighted by Gasteiger charge is 2.11. The summed E-state index contributed by atoms with van der Waals surface area (Å²) in [5, 5.41) is 4.01. The highest BCUT2D eigenvalue weighted by Crippen LogP contribution is 2.17. The van der Waals surface area contributed by atoms with Crippen molar-refractivity contribution in [3.63, 3.8) is 0 Å². The number of imidazole rings is 1. The minimum absolute atomic E-state index is 0.0425. The second-order valence-corrected chi connectivity index (χ2v) is 5.69. The van der Waals surface area contributed by atoms with Crippen molar-refractivity contribution in [2.75, 3.05) is 0 Å². The lowest BCUT2D eigenvalue weighted by Gasteiger charge is -2.09. The molecule has 0 aliphatic heterocycles. The number of rotatable bonds is 5. The molecule has 0 atom stereocenters. The van der Waals surface area contributed by atoms with Gasteiger partial charge in [0.25, 0.3) is 11.4 Å². The lowest BCUT2D eigenvalue weighted by molar-refractivity contribution is 0.419. The summed E-state index contributed by atoms with van der Waals surface area (Å²) in [4.78, 5) is 20.4. The second-order valence-electron chi connectivity index (χ2n) is 5.69. The van der Waals surface area contributed by atoms with E-state index < -0.39 is 0 Å². The molecule has 0 fully saturated rings. The molecule has 120 valence electrons. The van der Waals surface area contributed by atoms with Gasteiger partial charge < -0.3 is 13.7 Å². The van der Waals surface area contributed by atoms with Gasteiger partial charge in [-0.15, -0.1) is 0 Å². The lowest BCUT2D eigenvalue weighted by Crippen LogP contribution is -2.20. The van der Waals surface area contributed by atoms with Gasteiger partial charge in [-0.25, -0.2) is 4.98 Å². The molecule has 0 bridgehead atoms. The minimum atomic E-state index is -0.0425. The number of hydrogen-bond acceptors (Lipinski definition) is 5. The Morgan fingerprint density at radius 3 is 2.83 bits per heavy atom. The van der Waals surface area contributed by atoms with Crippen LogP contribution in [0.5, 0.6) is 0 Å². The largest absolute Gasteiger partial charge is 0.335 e. The van der Waals surface area contributed by atoms with Crippen molar-refractivity contribution in [1.82, 2.24) is 24.3 Å². The molecule has 3 aromatic rings. The van der Waals surface area contributed by atoms with Gasteiger partial charge >= 0.3 is 0 Å². The third-order valence-corrected chi connectivity index (χ3v) is 3.71. The Hall–Kier alpha value is -2.70. The summed E-state index contributed by atoms with van der Waals surface area (Å²) in [6.07, 6.45) is 6.11. The van der Waals surface area contributed by atoms with Crippen molar-refractivity contribution in [3.8, 4) is 11.5 Å². The molecule has 7 nitrogen and oxygen atoms in total. The molecule has 0 saturated carbocycles. The molecule has 0 saturated heterocycles. The van der Waals surface area contributed by atoms with E-state index in [-0.39, 0.29) is 11.6 Å². The van der Waals surface area contributed by atoms with Crippen LogP contribution in [-0.2, 0) is 13.0 Å². The SMILES string of the molecule is Cc1nccn1CCc1noc(-c2ccc(=O)n(C(C)C)c2)n1. The van der Waals surface area contributed by atoms with E-state index in [2.05, 4.69) is 15.1 Å². The summed E-state index contributed by atoms with van der Waals surface area (Å²) in [5.74, 6) is 2.02. The highest BCUT2D eigenvalue weighted by atomic mass is 16.5. The summed E-state index contributed by atoms with van der Waals surface area (Å²) >= 11 is 0. The number of hydrogen-bond donors (Lipinski definition) is 0. The van der Waals surface area contributed by atoms with Crippen molar-refractivity contribution in [2.24, 2.45) is 0 Å². The first-order valence-corrected chi connectivity index (χ1v) is 7.57. The van der Waals surface area contributed by atoms with Crippen LogP contribution >= 0.6 is 0 Å². The maximum Gasteiger partial charge on any atom is 0.259 e. The number of aryl methyl sites for hydroxylation is 3. The van der Waals surface area contributed by atoms with E-state index in [0.717, 1.165) is 17.9 Å². The molecule has 0 unspecified atom stereocenters. The molecule has 0 radical (unpaired) electrons. The van der Waals surface area contributed by atoms with Gasteiger partial charge in [-0.05, 0) is 26.8 Å². The fourth-order valence-corrected chi connectivity index (χ4v) is 2.37. The maximum absolute atomic E-state index is 11.8. The van der Waals surface area contributed by atoms with E-state index in [0.29, 0.717) is 18.1 Å². The van der Waals surface area contributed by atoms with Gasteiger partial charge in [0.15, 0.2) is 5.82 Å². The Bertz CT molecular complexity index is 859. The molecule has 0 N–H and O–H groups in total. The fourth-order valence-electron chi connectivity index (χ4n) is 2.37. The molecule has 23 heavy (non-hydrogen) atoms. The summed E-state index contributed by atoms with van der Waals surface area (Å²) < 4.78 is 9.01. The van der Waals surface area contributed by atoms with E-state index in [9.17, 15) is 4.79 Å². The Labute approximate surface area is 133 Å². The molecule has 7 heteroatoms. The van der Waals surface area contributed by atoms with Crippen LogP contribution in [0, 0.1) is 6.92 Å². The lowest BCUT2D eigenvalue weighted by atomic mass is 10.2. The van der Waals surface area contributed by atoms with Gasteiger partial charge in [0.05, 0.1) is 5.56 Å². The number of nitrogens with zero attached hydrogens (tertiary/aromatic N) is 5. The monoisotopic (exact) mass is 313 g/mol. The summed E-state index contributed by atoms with van der Waals surface area (Å²) in [6, 6.07) is 3.31. The predicted octanol–water partition coefficient (Wildman–Crippen LogP) is 2.23. The van der Waals surface area contributed by atoms with Crippen molar-refractivity contribution in [3.05, 3.63) is 52.7 Å². The molecule has 0 aliphatic carbocycles. The van der Waals surface area contributed by atoms with Crippen molar-refractivity contribution >= 4 is 0 Å². The topological polar surface area (TPSA) is 78.7 Å². The third kappa shape index (κ3) is 3.23. The molecule has 0 aromatic carbocycles. The van der Waals surface area contributed by atoms with E-state index >= 15 is 0 Å². The number of aromatic nitrogens is 5. The molecule has 3 aromatic heterocycles. The van der Waals surface area contributed by atoms with Gasteiger partial charge in [-0.1, -0.05) is 5.16 Å². The van der Waals surface area contributed by atoms with Crippen LogP contribution in [0.2, 0.25) is 0 Å². The van der Waals surface area contributed by atoms with Crippen LogP contribution in [-0.4, -0.2) is 24.3 Å². The fraction of sp³-hybridized carbons (Fsp3) is 0.375. The van der Waals surface area contributed by atoms with Crippen LogP contribution in [0.4, 0.5) is 0 Å². The van der Waals surface area contributed by atoms with E-state index in [4.69, 9.17) is 4.52 Å². The zero-order valence-electron chi connectivity index (χ0n) is 13.4. The standard InChI is InChI=1S/C16H19N5O2/c1-11(2)21-10-13(4-5-15(21)22)16-18-14(19-23-16)6-8-20-9-7-17-12(20)3/h4-5,7,9-11H,6,8H2,1-3H3. The van der Waals surface area contributed by atoms with Gasteiger partial charge in [-0.3, -0.25) is 4.79 Å². The first-order valence-electron chi connectivity index (χ1n) is 7.57. The average Bonchev–Trinajstić information content (AvgIpc) is 3.14. The van der Waals surface area contributed by atoms with Gasteiger partial charge in [-0.2, -0.15) is 4.98 Å². The normalized spacial score (nSPS) is 11.3. The first-order chi connectivity index (χ1) is 11.0. The molecule has 3 rings (SSSR count). The van der Waals surface area contributed by atoms with E-state index in [1.807, 2.05) is 31.5 Å². The quantitative estimate of drug-likeness (QED) is 0.721.